The molecule has 4 atom stereocenters. The Bertz CT molecular complexity index is 133. The highest BCUT2D eigenvalue weighted by Crippen LogP contribution is 2.34. The summed E-state index contributed by atoms with van der Waals surface area (Å²) in [6, 6.07) is 0. The van der Waals surface area contributed by atoms with Crippen molar-refractivity contribution in [2.24, 2.45) is 17.8 Å². The molecule has 0 unspecified atom stereocenters. The van der Waals surface area contributed by atoms with E-state index in [0.717, 1.165) is 12.3 Å². The summed E-state index contributed by atoms with van der Waals surface area (Å²) in [5.41, 5.74) is 0. The molecule has 12 heavy (non-hydrogen) atoms. The lowest BCUT2D eigenvalue weighted by Gasteiger charge is -2.35. The Morgan fingerprint density at radius 1 is 1.42 bits per heavy atom. The van der Waals surface area contributed by atoms with E-state index in [1.165, 1.54) is 19.3 Å². The number of hydrogen-bond donors (Lipinski definition) is 1. The average Bonchev–Trinajstić information content (AvgIpc) is 2.03. The van der Waals surface area contributed by atoms with Crippen LogP contribution >= 0.6 is 0 Å². The molecule has 0 saturated heterocycles. The zero-order valence-electron chi connectivity index (χ0n) is 8.59. The molecule has 1 N–H and O–H groups in total. The summed E-state index contributed by atoms with van der Waals surface area (Å²) in [4.78, 5) is 0. The Kier molecular flexibility index (Phi) is 3.57. The van der Waals surface area contributed by atoms with E-state index in [1.807, 2.05) is 0 Å². The van der Waals surface area contributed by atoms with Gasteiger partial charge in [0, 0.05) is 0 Å². The second-order valence-electron chi connectivity index (χ2n) is 4.53. The van der Waals surface area contributed by atoms with Gasteiger partial charge in [0.15, 0.2) is 0 Å². The second-order valence-corrected chi connectivity index (χ2v) is 4.53. The van der Waals surface area contributed by atoms with E-state index >= 15 is 0 Å². The van der Waals surface area contributed by atoms with Crippen LogP contribution in [0.2, 0.25) is 0 Å². The van der Waals surface area contributed by atoms with Crippen LogP contribution in [0.15, 0.2) is 0 Å². The lowest BCUT2D eigenvalue weighted by atomic mass is 9.74. The maximum Gasteiger partial charge on any atom is 0.0573 e. The molecule has 0 aromatic rings. The molecule has 0 heterocycles. The average molecular weight is 170 g/mol. The molecule has 0 bridgehead atoms. The van der Waals surface area contributed by atoms with Crippen molar-refractivity contribution in [1.82, 2.24) is 0 Å². The van der Waals surface area contributed by atoms with Gasteiger partial charge in [0.25, 0.3) is 0 Å². The molecule has 0 aromatic carbocycles. The van der Waals surface area contributed by atoms with Crippen LogP contribution in [0.3, 0.4) is 0 Å². The second kappa shape index (κ2) is 4.27. The first kappa shape index (κ1) is 10.0. The van der Waals surface area contributed by atoms with Crippen LogP contribution in [0.4, 0.5) is 0 Å². The summed E-state index contributed by atoms with van der Waals surface area (Å²) >= 11 is 0. The van der Waals surface area contributed by atoms with Crippen molar-refractivity contribution in [2.75, 3.05) is 0 Å². The summed E-state index contributed by atoms with van der Waals surface area (Å²) < 4.78 is 0. The van der Waals surface area contributed by atoms with E-state index < -0.39 is 0 Å². The van der Waals surface area contributed by atoms with Gasteiger partial charge in [-0.1, -0.05) is 33.6 Å². The third kappa shape index (κ3) is 2.22. The van der Waals surface area contributed by atoms with Crippen molar-refractivity contribution >= 4 is 0 Å². The van der Waals surface area contributed by atoms with Crippen LogP contribution in [0, 0.1) is 17.8 Å². The Labute approximate surface area is 76.2 Å². The topological polar surface area (TPSA) is 20.2 Å². The minimum absolute atomic E-state index is 0.0244. The molecule has 1 aliphatic carbocycles. The quantitative estimate of drug-likeness (QED) is 0.675. The molecule has 0 aromatic heterocycles. The van der Waals surface area contributed by atoms with E-state index in [2.05, 4.69) is 20.8 Å². The van der Waals surface area contributed by atoms with Crippen LogP contribution in [0.25, 0.3) is 0 Å². The van der Waals surface area contributed by atoms with Gasteiger partial charge in [0.1, 0.15) is 0 Å². The fourth-order valence-corrected chi connectivity index (χ4v) is 2.34. The zero-order chi connectivity index (χ0) is 9.14. The van der Waals surface area contributed by atoms with Crippen molar-refractivity contribution in [3.05, 3.63) is 0 Å². The van der Waals surface area contributed by atoms with Crippen molar-refractivity contribution in [2.45, 2.75) is 52.6 Å². The highest BCUT2D eigenvalue weighted by molar-refractivity contribution is 4.80. The summed E-state index contributed by atoms with van der Waals surface area (Å²) in [5.74, 6) is 2.01. The van der Waals surface area contributed by atoms with Gasteiger partial charge in [0.05, 0.1) is 6.10 Å². The highest BCUT2D eigenvalue weighted by Gasteiger charge is 2.29. The fraction of sp³-hybridized carbons (Fsp3) is 1.00. The molecule has 72 valence electrons. The number of hydrogen-bond acceptors (Lipinski definition) is 1. The lowest BCUT2D eigenvalue weighted by molar-refractivity contribution is 0.0217. The summed E-state index contributed by atoms with van der Waals surface area (Å²) in [5, 5.41) is 9.84. The molecule has 1 aliphatic rings. The number of rotatable bonds is 2. The number of aliphatic hydroxyl groups excluding tert-OH is 1. The molecule has 1 fully saturated rings. The van der Waals surface area contributed by atoms with E-state index in [1.54, 1.807) is 0 Å². The summed E-state index contributed by atoms with van der Waals surface area (Å²) in [6.07, 6.45) is 4.75. The summed E-state index contributed by atoms with van der Waals surface area (Å²) in [6.45, 7) is 6.73. The third-order valence-electron chi connectivity index (χ3n) is 3.51. The largest absolute Gasteiger partial charge is 0.393 e. The Morgan fingerprint density at radius 3 is 2.58 bits per heavy atom. The van der Waals surface area contributed by atoms with Crippen LogP contribution in [-0.4, -0.2) is 11.2 Å². The number of aliphatic hydroxyl groups is 1. The van der Waals surface area contributed by atoms with E-state index in [9.17, 15) is 5.11 Å². The third-order valence-corrected chi connectivity index (χ3v) is 3.51. The molecular weight excluding hydrogens is 148 g/mol. The van der Waals surface area contributed by atoms with Crippen LogP contribution < -0.4 is 0 Å². The van der Waals surface area contributed by atoms with Crippen molar-refractivity contribution in [3.8, 4) is 0 Å². The fourth-order valence-electron chi connectivity index (χ4n) is 2.34. The lowest BCUT2D eigenvalue weighted by Crippen LogP contribution is -2.32. The standard InChI is InChI=1S/C11H22O/c1-4-9(3)10-6-5-8(2)7-11(10)12/h8-12H,4-7H2,1-3H3/t8-,9+,10+,11-/m1/s1. The SMILES string of the molecule is CC[C@H](C)[C@@H]1CC[C@@H](C)C[C@H]1O. The maximum atomic E-state index is 9.84. The van der Waals surface area contributed by atoms with Crippen LogP contribution in [-0.2, 0) is 0 Å². The normalized spacial score (nSPS) is 39.5. The molecule has 1 rings (SSSR count). The molecular formula is C11H22O. The first-order valence-corrected chi connectivity index (χ1v) is 5.33. The smallest absolute Gasteiger partial charge is 0.0573 e. The molecule has 1 nitrogen and oxygen atoms in total. The van der Waals surface area contributed by atoms with Gasteiger partial charge in [-0.05, 0) is 30.6 Å². The molecule has 1 heteroatoms. The van der Waals surface area contributed by atoms with Crippen LogP contribution in [0.1, 0.15) is 46.5 Å². The van der Waals surface area contributed by atoms with E-state index in [4.69, 9.17) is 0 Å². The maximum absolute atomic E-state index is 9.84. The monoisotopic (exact) mass is 170 g/mol. The van der Waals surface area contributed by atoms with Crippen molar-refractivity contribution in [3.63, 3.8) is 0 Å². The van der Waals surface area contributed by atoms with Gasteiger partial charge in [-0.25, -0.2) is 0 Å². The minimum Gasteiger partial charge on any atom is -0.393 e. The van der Waals surface area contributed by atoms with E-state index in [0.29, 0.717) is 11.8 Å². The Morgan fingerprint density at radius 2 is 2.08 bits per heavy atom. The molecule has 0 radical (unpaired) electrons. The van der Waals surface area contributed by atoms with Crippen molar-refractivity contribution in [1.29, 1.82) is 0 Å². The van der Waals surface area contributed by atoms with Gasteiger partial charge in [0.2, 0.25) is 0 Å². The predicted molar refractivity (Wildman–Crippen MR) is 52.0 cm³/mol. The highest BCUT2D eigenvalue weighted by atomic mass is 16.3. The van der Waals surface area contributed by atoms with Gasteiger partial charge >= 0.3 is 0 Å². The Hall–Kier alpha value is -0.0400. The van der Waals surface area contributed by atoms with Gasteiger partial charge in [-0.15, -0.1) is 0 Å². The zero-order valence-corrected chi connectivity index (χ0v) is 8.59. The first-order chi connectivity index (χ1) is 5.65. The van der Waals surface area contributed by atoms with Gasteiger partial charge < -0.3 is 5.11 Å². The van der Waals surface area contributed by atoms with Gasteiger partial charge in [-0.2, -0.15) is 0 Å². The first-order valence-electron chi connectivity index (χ1n) is 5.33. The van der Waals surface area contributed by atoms with E-state index in [-0.39, 0.29) is 6.10 Å². The summed E-state index contributed by atoms with van der Waals surface area (Å²) in [7, 11) is 0. The minimum atomic E-state index is -0.0244. The molecule has 1 saturated carbocycles. The molecule has 0 amide bonds. The van der Waals surface area contributed by atoms with Gasteiger partial charge in [-0.3, -0.25) is 0 Å². The Balaban J connectivity index is 2.44. The predicted octanol–water partition coefficient (Wildman–Crippen LogP) is 2.83. The van der Waals surface area contributed by atoms with Crippen LogP contribution in [0.5, 0.6) is 0 Å². The molecule has 0 aliphatic heterocycles. The van der Waals surface area contributed by atoms with Crippen molar-refractivity contribution < 1.29 is 5.11 Å². The molecule has 0 spiro atoms.